The molecule has 0 aromatic rings. The predicted molar refractivity (Wildman–Crippen MR) is 75.7 cm³/mol. The van der Waals surface area contributed by atoms with Crippen LogP contribution in [0.5, 0.6) is 0 Å². The van der Waals surface area contributed by atoms with E-state index in [1.54, 1.807) is 7.11 Å². The number of aliphatic hydroxyl groups is 1. The summed E-state index contributed by atoms with van der Waals surface area (Å²) in [4.78, 5) is 0. The Labute approximate surface area is 117 Å². The van der Waals surface area contributed by atoms with E-state index in [0.29, 0.717) is 18.6 Å². The van der Waals surface area contributed by atoms with Gasteiger partial charge in [0.25, 0.3) is 0 Å². The summed E-state index contributed by atoms with van der Waals surface area (Å²) in [7, 11) is 1.67. The summed E-state index contributed by atoms with van der Waals surface area (Å²) >= 11 is 0. The fourth-order valence-electron chi connectivity index (χ4n) is 4.35. The molecule has 2 aliphatic carbocycles. The van der Waals surface area contributed by atoms with Crippen molar-refractivity contribution in [2.24, 2.45) is 17.3 Å². The highest BCUT2D eigenvalue weighted by molar-refractivity contribution is 5.04. The number of methoxy groups -OCH3 is 1. The first kappa shape index (κ1) is 15.0. The van der Waals surface area contributed by atoms with Crippen LogP contribution in [0.15, 0.2) is 12.7 Å². The van der Waals surface area contributed by atoms with Crippen molar-refractivity contribution in [2.75, 3.05) is 13.9 Å². The first-order chi connectivity index (χ1) is 9.14. The lowest BCUT2D eigenvalue weighted by Crippen LogP contribution is -2.52. The van der Waals surface area contributed by atoms with E-state index in [-0.39, 0.29) is 17.6 Å². The Hall–Kier alpha value is -0.380. The maximum Gasteiger partial charge on any atom is 0.146 e. The number of rotatable bonds is 5. The van der Waals surface area contributed by atoms with E-state index >= 15 is 0 Å². The summed E-state index contributed by atoms with van der Waals surface area (Å²) < 4.78 is 11.1. The van der Waals surface area contributed by atoms with E-state index in [0.717, 1.165) is 25.7 Å². The molecule has 0 unspecified atom stereocenters. The van der Waals surface area contributed by atoms with Crippen LogP contribution in [0.1, 0.15) is 45.4 Å². The summed E-state index contributed by atoms with van der Waals surface area (Å²) in [5.41, 5.74) is 0.164. The molecule has 3 nitrogen and oxygen atoms in total. The Morgan fingerprint density at radius 3 is 2.89 bits per heavy atom. The average molecular weight is 268 g/mol. The summed E-state index contributed by atoms with van der Waals surface area (Å²) in [6.45, 7) is 6.48. The molecule has 0 aromatic heterocycles. The van der Waals surface area contributed by atoms with Gasteiger partial charge in [0.1, 0.15) is 6.79 Å². The van der Waals surface area contributed by atoms with Gasteiger partial charge in [0.05, 0.1) is 12.2 Å². The van der Waals surface area contributed by atoms with E-state index in [1.807, 2.05) is 6.08 Å². The zero-order valence-electron chi connectivity index (χ0n) is 12.3. The number of hydrogen-bond donors (Lipinski definition) is 1. The molecule has 2 rings (SSSR count). The molecule has 0 aromatic carbocycles. The summed E-state index contributed by atoms with van der Waals surface area (Å²) in [5.74, 6) is 0.912. The molecule has 5 atom stereocenters. The van der Waals surface area contributed by atoms with Gasteiger partial charge in [0.2, 0.25) is 0 Å². The normalized spacial score (nSPS) is 42.7. The van der Waals surface area contributed by atoms with E-state index in [1.165, 1.54) is 12.8 Å². The van der Waals surface area contributed by atoms with E-state index < -0.39 is 0 Å². The third-order valence-electron chi connectivity index (χ3n) is 5.27. The molecule has 0 bridgehead atoms. The van der Waals surface area contributed by atoms with Crippen LogP contribution in [0, 0.1) is 17.3 Å². The lowest BCUT2D eigenvalue weighted by Gasteiger charge is -2.54. The molecule has 0 aliphatic heterocycles. The molecule has 2 saturated carbocycles. The molecule has 0 heterocycles. The minimum atomic E-state index is -0.149. The third-order valence-corrected chi connectivity index (χ3v) is 5.27. The number of ether oxygens (including phenoxy) is 2. The fraction of sp³-hybridized carbons (Fsp3) is 0.875. The van der Waals surface area contributed by atoms with Crippen LogP contribution in [0.2, 0.25) is 0 Å². The Morgan fingerprint density at radius 1 is 1.42 bits per heavy atom. The second kappa shape index (κ2) is 6.38. The minimum Gasteiger partial charge on any atom is -0.393 e. The molecule has 0 radical (unpaired) electrons. The van der Waals surface area contributed by atoms with Crippen LogP contribution in [0.25, 0.3) is 0 Å². The molecule has 19 heavy (non-hydrogen) atoms. The van der Waals surface area contributed by atoms with Gasteiger partial charge in [-0.1, -0.05) is 19.4 Å². The Balaban J connectivity index is 2.21. The second-order valence-corrected chi connectivity index (χ2v) is 6.40. The van der Waals surface area contributed by atoms with Crippen molar-refractivity contribution in [3.63, 3.8) is 0 Å². The molecule has 3 heteroatoms. The van der Waals surface area contributed by atoms with Gasteiger partial charge in [-0.2, -0.15) is 0 Å². The van der Waals surface area contributed by atoms with Gasteiger partial charge < -0.3 is 14.6 Å². The molecular weight excluding hydrogens is 240 g/mol. The smallest absolute Gasteiger partial charge is 0.146 e. The summed E-state index contributed by atoms with van der Waals surface area (Å²) in [6, 6.07) is 0. The van der Waals surface area contributed by atoms with E-state index in [9.17, 15) is 5.11 Å². The molecule has 0 spiro atoms. The lowest BCUT2D eigenvalue weighted by molar-refractivity contribution is -0.178. The molecule has 110 valence electrons. The molecule has 0 saturated heterocycles. The highest BCUT2D eigenvalue weighted by atomic mass is 16.7. The summed E-state index contributed by atoms with van der Waals surface area (Å²) in [5, 5.41) is 10.2. The maximum absolute atomic E-state index is 10.2. The van der Waals surface area contributed by atoms with E-state index in [4.69, 9.17) is 9.47 Å². The van der Waals surface area contributed by atoms with Crippen molar-refractivity contribution in [3.05, 3.63) is 12.7 Å². The first-order valence-corrected chi connectivity index (χ1v) is 7.53. The standard InChI is InChI=1S/C16H28O3/c1-4-8-16-10-12(2)14(17)9-13(16)6-5-7-15(16)19-11-18-3/h4,12-15,17H,1,5-11H2,2-3H3/t12-,13+,14-,15-,16-/m0/s1. The largest absolute Gasteiger partial charge is 0.393 e. The van der Waals surface area contributed by atoms with Crippen molar-refractivity contribution in [2.45, 2.75) is 57.7 Å². The number of hydrogen-bond acceptors (Lipinski definition) is 3. The van der Waals surface area contributed by atoms with Gasteiger partial charge in [-0.3, -0.25) is 0 Å². The third kappa shape index (κ3) is 2.88. The number of allylic oxidation sites excluding steroid dienone is 1. The van der Waals surface area contributed by atoms with Crippen molar-refractivity contribution >= 4 is 0 Å². The Bertz CT molecular complexity index is 304. The highest BCUT2D eigenvalue weighted by Gasteiger charge is 2.52. The molecule has 2 aliphatic rings. The van der Waals surface area contributed by atoms with Gasteiger partial charge in [-0.15, -0.1) is 6.58 Å². The van der Waals surface area contributed by atoms with Gasteiger partial charge >= 0.3 is 0 Å². The van der Waals surface area contributed by atoms with Crippen molar-refractivity contribution in [3.8, 4) is 0 Å². The van der Waals surface area contributed by atoms with Crippen LogP contribution >= 0.6 is 0 Å². The number of fused-ring (bicyclic) bond motifs is 1. The predicted octanol–water partition coefficient (Wildman–Crippen LogP) is 3.13. The van der Waals surface area contributed by atoms with Crippen LogP contribution in [-0.2, 0) is 9.47 Å². The van der Waals surface area contributed by atoms with Crippen LogP contribution in [-0.4, -0.2) is 31.2 Å². The van der Waals surface area contributed by atoms with Crippen LogP contribution < -0.4 is 0 Å². The van der Waals surface area contributed by atoms with Gasteiger partial charge in [-0.25, -0.2) is 0 Å². The molecule has 2 fully saturated rings. The summed E-state index contributed by atoms with van der Waals surface area (Å²) in [6.07, 6.45) is 8.60. The zero-order chi connectivity index (χ0) is 13.9. The van der Waals surface area contributed by atoms with Crippen molar-refractivity contribution in [1.29, 1.82) is 0 Å². The topological polar surface area (TPSA) is 38.7 Å². The van der Waals surface area contributed by atoms with Crippen LogP contribution in [0.3, 0.4) is 0 Å². The molecular formula is C16H28O3. The zero-order valence-corrected chi connectivity index (χ0v) is 12.3. The second-order valence-electron chi connectivity index (χ2n) is 6.40. The monoisotopic (exact) mass is 268 g/mol. The Kier molecular flexibility index (Phi) is 5.04. The van der Waals surface area contributed by atoms with E-state index in [2.05, 4.69) is 13.5 Å². The fourth-order valence-corrected chi connectivity index (χ4v) is 4.35. The van der Waals surface area contributed by atoms with Crippen LogP contribution in [0.4, 0.5) is 0 Å². The molecule has 0 amide bonds. The lowest BCUT2D eigenvalue weighted by atomic mass is 9.54. The van der Waals surface area contributed by atoms with Gasteiger partial charge in [-0.05, 0) is 43.9 Å². The van der Waals surface area contributed by atoms with Crippen molar-refractivity contribution < 1.29 is 14.6 Å². The molecule has 1 N–H and O–H groups in total. The highest BCUT2D eigenvalue weighted by Crippen LogP contribution is 2.55. The maximum atomic E-state index is 10.2. The SMILES string of the molecule is C=CC[C@]12C[C@H](C)[C@@H](O)C[C@H]1CCC[C@@H]2OCOC. The van der Waals surface area contributed by atoms with Gasteiger partial charge in [0.15, 0.2) is 0 Å². The van der Waals surface area contributed by atoms with Crippen molar-refractivity contribution in [1.82, 2.24) is 0 Å². The average Bonchev–Trinajstić information content (AvgIpc) is 2.39. The minimum absolute atomic E-state index is 0.149. The number of aliphatic hydroxyl groups excluding tert-OH is 1. The Morgan fingerprint density at radius 2 is 2.21 bits per heavy atom. The first-order valence-electron chi connectivity index (χ1n) is 7.53. The quantitative estimate of drug-likeness (QED) is 0.615. The van der Waals surface area contributed by atoms with Gasteiger partial charge in [0, 0.05) is 12.5 Å².